The molecule has 0 aliphatic carbocycles. The Morgan fingerprint density at radius 1 is 0.864 bits per heavy atom. The minimum Gasteiger partial charge on any atom is -0.493 e. The van der Waals surface area contributed by atoms with Gasteiger partial charge in [-0.15, -0.1) is 0 Å². The van der Waals surface area contributed by atoms with Crippen molar-refractivity contribution in [1.82, 2.24) is 4.90 Å². The van der Waals surface area contributed by atoms with Gasteiger partial charge in [0.2, 0.25) is 0 Å². The van der Waals surface area contributed by atoms with E-state index in [4.69, 9.17) is 9.84 Å². The summed E-state index contributed by atoms with van der Waals surface area (Å²) in [5.74, 6) is -1.61. The Hall–Kier alpha value is -3.98. The fraction of sp³-hybridized carbons (Fsp3) is 0.429. The minimum absolute atomic E-state index is 0.166. The van der Waals surface area contributed by atoms with Crippen LogP contribution in [0.1, 0.15) is 60.0 Å². The summed E-state index contributed by atoms with van der Waals surface area (Å²) < 4.78 is 33.6. The van der Waals surface area contributed by atoms with Gasteiger partial charge in [0.1, 0.15) is 17.4 Å². The first-order valence-corrected chi connectivity index (χ1v) is 15.5. The predicted molar refractivity (Wildman–Crippen MR) is 167 cm³/mol. The largest absolute Gasteiger partial charge is 0.493 e. The van der Waals surface area contributed by atoms with Crippen LogP contribution in [0.2, 0.25) is 0 Å². The number of hydrogen-bond acceptors (Lipinski definition) is 5. The molecule has 1 saturated heterocycles. The molecule has 1 atom stereocenters. The summed E-state index contributed by atoms with van der Waals surface area (Å²) >= 11 is 0. The van der Waals surface area contributed by atoms with Crippen molar-refractivity contribution in [3.63, 3.8) is 0 Å². The van der Waals surface area contributed by atoms with Gasteiger partial charge in [0.15, 0.2) is 0 Å². The molecule has 44 heavy (non-hydrogen) atoms. The van der Waals surface area contributed by atoms with Gasteiger partial charge in [-0.1, -0.05) is 43.2 Å². The summed E-state index contributed by atoms with van der Waals surface area (Å²) in [4.78, 5) is 26.5. The summed E-state index contributed by atoms with van der Waals surface area (Å²) in [7, 11) is 0. The van der Waals surface area contributed by atoms with E-state index in [9.17, 15) is 23.5 Å². The van der Waals surface area contributed by atoms with E-state index in [0.29, 0.717) is 37.7 Å². The predicted octanol–water partition coefficient (Wildman–Crippen LogP) is 6.69. The van der Waals surface area contributed by atoms with Crippen LogP contribution in [0.3, 0.4) is 0 Å². The minimum atomic E-state index is -0.945. The van der Waals surface area contributed by atoms with Crippen LogP contribution in [0.25, 0.3) is 0 Å². The zero-order chi connectivity index (χ0) is 31.3. The second-order valence-corrected chi connectivity index (χ2v) is 11.5. The molecular formula is C35H42F2N2O5. The highest BCUT2D eigenvalue weighted by Gasteiger charge is 2.20. The first kappa shape index (κ1) is 32.9. The smallest absolute Gasteiger partial charge is 0.335 e. The Morgan fingerprint density at radius 2 is 1.61 bits per heavy atom. The van der Waals surface area contributed by atoms with Crippen molar-refractivity contribution in [2.75, 3.05) is 44.2 Å². The van der Waals surface area contributed by atoms with Crippen LogP contribution in [0.4, 0.5) is 14.5 Å². The molecule has 2 N–H and O–H groups in total. The van der Waals surface area contributed by atoms with Crippen molar-refractivity contribution >= 4 is 17.6 Å². The van der Waals surface area contributed by atoms with E-state index in [1.807, 2.05) is 35.2 Å². The van der Waals surface area contributed by atoms with Gasteiger partial charge in [0.05, 0.1) is 17.9 Å². The van der Waals surface area contributed by atoms with Crippen molar-refractivity contribution in [2.45, 2.75) is 51.4 Å². The van der Waals surface area contributed by atoms with E-state index in [2.05, 4.69) is 11.0 Å². The second kappa shape index (κ2) is 16.8. The Balaban J connectivity index is 1.24. The van der Waals surface area contributed by atoms with Gasteiger partial charge in [-0.25, -0.2) is 13.6 Å². The van der Waals surface area contributed by atoms with Gasteiger partial charge in [0.25, 0.3) is 0 Å². The molecule has 0 unspecified atom stereocenters. The molecule has 0 saturated carbocycles. The van der Waals surface area contributed by atoms with Gasteiger partial charge in [-0.3, -0.25) is 9.69 Å². The van der Waals surface area contributed by atoms with Crippen molar-refractivity contribution in [3.05, 3.63) is 95.1 Å². The molecule has 0 spiro atoms. The van der Waals surface area contributed by atoms with Crippen LogP contribution in [0, 0.1) is 17.6 Å². The SMILES string of the molecule is O=C(O)CCCC[C@@H](CCc1ccccc1OCCCN1CCN(c2ccc(F)cc2F)CC1)Cc1ccc(C(=O)O)cc1. The van der Waals surface area contributed by atoms with Crippen LogP contribution in [0.5, 0.6) is 5.75 Å². The summed E-state index contributed by atoms with van der Waals surface area (Å²) in [5.41, 5.74) is 2.93. The fourth-order valence-corrected chi connectivity index (χ4v) is 5.81. The van der Waals surface area contributed by atoms with Crippen LogP contribution in [-0.2, 0) is 17.6 Å². The van der Waals surface area contributed by atoms with Crippen LogP contribution < -0.4 is 9.64 Å². The molecule has 1 heterocycles. The van der Waals surface area contributed by atoms with Crippen molar-refractivity contribution < 1.29 is 33.3 Å². The Morgan fingerprint density at radius 3 is 2.32 bits per heavy atom. The highest BCUT2D eigenvalue weighted by Crippen LogP contribution is 2.26. The van der Waals surface area contributed by atoms with Gasteiger partial charge in [-0.05, 0) is 79.5 Å². The number of rotatable bonds is 17. The average molecular weight is 609 g/mol. The third-order valence-electron chi connectivity index (χ3n) is 8.27. The number of ether oxygens (including phenoxy) is 1. The molecule has 1 aliphatic rings. The first-order chi connectivity index (χ1) is 21.3. The maximum atomic E-state index is 14.2. The number of carbonyl (C=O) groups is 2. The molecule has 236 valence electrons. The molecule has 0 radical (unpaired) electrons. The Labute approximate surface area is 258 Å². The molecule has 7 nitrogen and oxygen atoms in total. The summed E-state index contributed by atoms with van der Waals surface area (Å²) in [6.07, 6.45) is 5.94. The molecule has 3 aromatic rings. The lowest BCUT2D eigenvalue weighted by atomic mass is 9.88. The normalized spacial score (nSPS) is 14.4. The molecular weight excluding hydrogens is 566 g/mol. The van der Waals surface area contributed by atoms with E-state index < -0.39 is 23.6 Å². The lowest BCUT2D eigenvalue weighted by molar-refractivity contribution is -0.137. The molecule has 0 bridgehead atoms. The molecule has 1 aliphatic heterocycles. The number of carboxylic acids is 2. The summed E-state index contributed by atoms with van der Waals surface area (Å²) in [5, 5.41) is 18.2. The third kappa shape index (κ3) is 10.3. The molecule has 4 rings (SSSR count). The van der Waals surface area contributed by atoms with E-state index in [1.54, 1.807) is 12.1 Å². The Kier molecular flexibility index (Phi) is 12.5. The standard InChI is InChI=1S/C35H42F2N2O5/c36-30-16-17-32(31(37)25-30)39-21-19-38(20-22-39)18-5-23-44-33-8-3-2-7-28(33)13-10-26(6-1-4-9-34(40)41)24-27-11-14-29(15-12-27)35(42)43/h2-3,7-8,11-12,14-17,25-26H,1,4-6,9-10,13,18-24H2,(H,40,41)(H,42,43)/t26-/m0/s1. The van der Waals surface area contributed by atoms with Crippen molar-refractivity contribution in [1.29, 1.82) is 0 Å². The van der Waals surface area contributed by atoms with E-state index in [0.717, 1.165) is 81.1 Å². The number of hydrogen-bond donors (Lipinski definition) is 2. The zero-order valence-corrected chi connectivity index (χ0v) is 25.1. The highest BCUT2D eigenvalue weighted by molar-refractivity contribution is 5.87. The molecule has 0 aromatic heterocycles. The van der Waals surface area contributed by atoms with Gasteiger partial charge >= 0.3 is 11.9 Å². The lowest BCUT2D eigenvalue weighted by Crippen LogP contribution is -2.47. The highest BCUT2D eigenvalue weighted by atomic mass is 19.1. The number of aromatic carboxylic acids is 1. The molecule has 3 aromatic carbocycles. The third-order valence-corrected chi connectivity index (χ3v) is 8.27. The van der Waals surface area contributed by atoms with Crippen molar-refractivity contribution in [2.24, 2.45) is 5.92 Å². The number of piperazine rings is 1. The number of para-hydroxylation sites is 1. The molecule has 9 heteroatoms. The van der Waals surface area contributed by atoms with E-state index in [-0.39, 0.29) is 12.0 Å². The Bertz CT molecular complexity index is 1360. The number of nitrogens with zero attached hydrogens (tertiary/aromatic N) is 2. The van der Waals surface area contributed by atoms with Gasteiger partial charge in [0, 0.05) is 45.2 Å². The van der Waals surface area contributed by atoms with Crippen molar-refractivity contribution in [3.8, 4) is 5.75 Å². The van der Waals surface area contributed by atoms with Crippen LogP contribution in [0.15, 0.2) is 66.7 Å². The monoisotopic (exact) mass is 608 g/mol. The number of carboxylic acid groups (broad SMARTS) is 2. The molecule has 0 amide bonds. The lowest BCUT2D eigenvalue weighted by Gasteiger charge is -2.36. The number of benzene rings is 3. The fourth-order valence-electron chi connectivity index (χ4n) is 5.81. The van der Waals surface area contributed by atoms with E-state index in [1.165, 1.54) is 12.1 Å². The maximum Gasteiger partial charge on any atom is 0.335 e. The average Bonchev–Trinajstić information content (AvgIpc) is 3.01. The zero-order valence-electron chi connectivity index (χ0n) is 25.1. The van der Waals surface area contributed by atoms with Crippen LogP contribution in [-0.4, -0.2) is 66.4 Å². The topological polar surface area (TPSA) is 90.3 Å². The number of anilines is 1. The number of unbranched alkanes of at least 4 members (excludes halogenated alkanes) is 1. The van der Waals surface area contributed by atoms with Gasteiger partial charge in [-0.2, -0.15) is 0 Å². The second-order valence-electron chi connectivity index (χ2n) is 11.5. The quantitative estimate of drug-likeness (QED) is 0.165. The first-order valence-electron chi connectivity index (χ1n) is 15.5. The maximum absolute atomic E-state index is 14.2. The van der Waals surface area contributed by atoms with Gasteiger partial charge < -0.3 is 19.8 Å². The summed E-state index contributed by atoms with van der Waals surface area (Å²) in [6.45, 7) is 4.45. The number of aliphatic carboxylic acids is 1. The molecule has 1 fully saturated rings. The summed E-state index contributed by atoms with van der Waals surface area (Å²) in [6, 6.07) is 18.8. The number of halogens is 2. The number of aryl methyl sites for hydroxylation is 1. The van der Waals surface area contributed by atoms with E-state index >= 15 is 0 Å². The van der Waals surface area contributed by atoms with Crippen LogP contribution >= 0.6 is 0 Å².